The van der Waals surface area contributed by atoms with Crippen LogP contribution in [0.4, 0.5) is 0 Å². The van der Waals surface area contributed by atoms with Crippen LogP contribution in [0.15, 0.2) is 23.3 Å². The van der Waals surface area contributed by atoms with Crippen molar-refractivity contribution in [2.45, 2.75) is 32.3 Å². The molecule has 0 radical (unpaired) electrons. The standard InChI is InChI=1S/C11H14O2/c1-8-6-11(4-3-5-13-11)7-9(2)10(8)12/h6-7H,3-5H2,1-2H3. The van der Waals surface area contributed by atoms with E-state index < -0.39 is 0 Å². The maximum atomic E-state index is 11.5. The fourth-order valence-electron chi connectivity index (χ4n) is 2.13. The second-order valence-corrected chi connectivity index (χ2v) is 3.89. The predicted molar refractivity (Wildman–Crippen MR) is 50.4 cm³/mol. The molecule has 1 aliphatic carbocycles. The van der Waals surface area contributed by atoms with E-state index in [0.29, 0.717) is 0 Å². The van der Waals surface area contributed by atoms with Crippen LogP contribution in [0.2, 0.25) is 0 Å². The Kier molecular flexibility index (Phi) is 1.88. The Morgan fingerprint density at radius 1 is 1.31 bits per heavy atom. The molecule has 1 spiro atoms. The van der Waals surface area contributed by atoms with Crippen molar-refractivity contribution in [3.05, 3.63) is 23.3 Å². The van der Waals surface area contributed by atoms with Crippen LogP contribution in [0, 0.1) is 0 Å². The summed E-state index contributed by atoms with van der Waals surface area (Å²) in [7, 11) is 0. The summed E-state index contributed by atoms with van der Waals surface area (Å²) in [5.41, 5.74) is 1.39. The molecule has 2 aliphatic rings. The van der Waals surface area contributed by atoms with Crippen LogP contribution < -0.4 is 0 Å². The summed E-state index contributed by atoms with van der Waals surface area (Å²) < 4.78 is 5.67. The smallest absolute Gasteiger partial charge is 0.184 e. The van der Waals surface area contributed by atoms with Gasteiger partial charge in [-0.1, -0.05) is 0 Å². The van der Waals surface area contributed by atoms with Crippen LogP contribution in [0.3, 0.4) is 0 Å². The fraction of sp³-hybridized carbons (Fsp3) is 0.545. The number of ketones is 1. The van der Waals surface area contributed by atoms with E-state index >= 15 is 0 Å². The number of carbonyl (C=O) groups excluding carboxylic acids is 1. The summed E-state index contributed by atoms with van der Waals surface area (Å²) in [6.07, 6.45) is 6.03. The highest BCUT2D eigenvalue weighted by Gasteiger charge is 2.34. The van der Waals surface area contributed by atoms with Crippen LogP contribution in [-0.4, -0.2) is 18.0 Å². The topological polar surface area (TPSA) is 26.3 Å². The molecule has 0 aromatic rings. The number of hydrogen-bond donors (Lipinski definition) is 0. The van der Waals surface area contributed by atoms with Gasteiger partial charge in [0.25, 0.3) is 0 Å². The van der Waals surface area contributed by atoms with Gasteiger partial charge in [-0.05, 0) is 50.0 Å². The van der Waals surface area contributed by atoms with Crippen molar-refractivity contribution in [2.75, 3.05) is 6.61 Å². The average Bonchev–Trinajstić information content (AvgIpc) is 2.49. The van der Waals surface area contributed by atoms with E-state index in [1.165, 1.54) is 0 Å². The SMILES string of the molecule is CC1=CC2(C=C(C)C1=O)CCCO2. The van der Waals surface area contributed by atoms with Gasteiger partial charge in [-0.25, -0.2) is 0 Å². The number of Topliss-reactive ketones (excluding diaryl/α,β-unsaturated/α-hetero) is 1. The summed E-state index contributed by atoms with van der Waals surface area (Å²) in [4.78, 5) is 11.5. The lowest BCUT2D eigenvalue weighted by atomic mass is 9.86. The number of ether oxygens (including phenoxy) is 1. The summed E-state index contributed by atoms with van der Waals surface area (Å²) in [6, 6.07) is 0. The Morgan fingerprint density at radius 2 is 1.92 bits per heavy atom. The van der Waals surface area contributed by atoms with Gasteiger partial charge in [-0.2, -0.15) is 0 Å². The maximum Gasteiger partial charge on any atom is 0.184 e. The number of carbonyl (C=O) groups is 1. The van der Waals surface area contributed by atoms with Gasteiger partial charge in [-0.3, -0.25) is 4.79 Å². The zero-order valence-corrected chi connectivity index (χ0v) is 8.09. The van der Waals surface area contributed by atoms with Gasteiger partial charge in [-0.15, -0.1) is 0 Å². The number of allylic oxidation sites excluding steroid dienone is 2. The molecule has 2 rings (SSSR count). The molecule has 70 valence electrons. The second kappa shape index (κ2) is 2.81. The molecule has 0 unspecified atom stereocenters. The largest absolute Gasteiger partial charge is 0.367 e. The van der Waals surface area contributed by atoms with Crippen molar-refractivity contribution >= 4 is 5.78 Å². The Bertz CT molecular complexity index is 280. The van der Waals surface area contributed by atoms with Crippen LogP contribution in [-0.2, 0) is 9.53 Å². The van der Waals surface area contributed by atoms with Crippen molar-refractivity contribution < 1.29 is 9.53 Å². The van der Waals surface area contributed by atoms with Gasteiger partial charge in [0.05, 0.1) is 0 Å². The van der Waals surface area contributed by atoms with Gasteiger partial charge < -0.3 is 4.74 Å². The fourth-order valence-corrected chi connectivity index (χ4v) is 2.13. The molecule has 13 heavy (non-hydrogen) atoms. The highest BCUT2D eigenvalue weighted by Crippen LogP contribution is 2.34. The molecule has 1 aliphatic heterocycles. The lowest BCUT2D eigenvalue weighted by molar-refractivity contribution is -0.112. The summed E-state index contributed by atoms with van der Waals surface area (Å²) in [5, 5.41) is 0. The van der Waals surface area contributed by atoms with Gasteiger partial charge >= 0.3 is 0 Å². The van der Waals surface area contributed by atoms with Gasteiger partial charge in [0, 0.05) is 6.61 Å². The van der Waals surface area contributed by atoms with Gasteiger partial charge in [0.1, 0.15) is 5.60 Å². The minimum atomic E-state index is -0.248. The van der Waals surface area contributed by atoms with E-state index in [-0.39, 0.29) is 11.4 Å². The zero-order chi connectivity index (χ0) is 9.47. The van der Waals surface area contributed by atoms with Crippen LogP contribution in [0.25, 0.3) is 0 Å². The minimum Gasteiger partial charge on any atom is -0.367 e. The normalized spacial score (nSPS) is 26.2. The highest BCUT2D eigenvalue weighted by atomic mass is 16.5. The second-order valence-electron chi connectivity index (χ2n) is 3.89. The average molecular weight is 178 g/mol. The lowest BCUT2D eigenvalue weighted by Gasteiger charge is -2.26. The van der Waals surface area contributed by atoms with E-state index in [2.05, 4.69) is 0 Å². The first-order valence-electron chi connectivity index (χ1n) is 4.71. The lowest BCUT2D eigenvalue weighted by Crippen LogP contribution is -2.28. The monoisotopic (exact) mass is 178 g/mol. The van der Waals surface area contributed by atoms with Gasteiger partial charge in [0.15, 0.2) is 5.78 Å². The van der Waals surface area contributed by atoms with E-state index in [4.69, 9.17) is 4.74 Å². The third-order valence-electron chi connectivity index (χ3n) is 2.72. The van der Waals surface area contributed by atoms with E-state index in [0.717, 1.165) is 30.6 Å². The first-order chi connectivity index (χ1) is 6.13. The Hall–Kier alpha value is -0.890. The van der Waals surface area contributed by atoms with E-state index in [1.807, 2.05) is 26.0 Å². The third kappa shape index (κ3) is 1.35. The summed E-state index contributed by atoms with van der Waals surface area (Å²) in [5.74, 6) is 0.154. The molecule has 0 atom stereocenters. The number of rotatable bonds is 0. The van der Waals surface area contributed by atoms with Crippen molar-refractivity contribution in [1.29, 1.82) is 0 Å². The molecule has 0 bridgehead atoms. The Balaban J connectivity index is 2.38. The molecule has 1 saturated heterocycles. The molecule has 0 N–H and O–H groups in total. The predicted octanol–water partition coefficient (Wildman–Crippen LogP) is 2.01. The van der Waals surface area contributed by atoms with Crippen LogP contribution in [0.1, 0.15) is 26.7 Å². The van der Waals surface area contributed by atoms with Crippen molar-refractivity contribution in [1.82, 2.24) is 0 Å². The molecule has 1 heterocycles. The van der Waals surface area contributed by atoms with E-state index in [1.54, 1.807) is 0 Å². The van der Waals surface area contributed by atoms with Crippen molar-refractivity contribution in [2.24, 2.45) is 0 Å². The first kappa shape index (κ1) is 8.70. The Morgan fingerprint density at radius 3 is 2.38 bits per heavy atom. The molecule has 2 nitrogen and oxygen atoms in total. The van der Waals surface area contributed by atoms with Gasteiger partial charge in [0.2, 0.25) is 0 Å². The van der Waals surface area contributed by atoms with Crippen LogP contribution in [0.5, 0.6) is 0 Å². The van der Waals surface area contributed by atoms with Crippen LogP contribution >= 0.6 is 0 Å². The molecular formula is C11H14O2. The zero-order valence-electron chi connectivity index (χ0n) is 8.09. The molecular weight excluding hydrogens is 164 g/mol. The molecule has 1 fully saturated rings. The van der Waals surface area contributed by atoms with Crippen molar-refractivity contribution in [3.63, 3.8) is 0 Å². The third-order valence-corrected chi connectivity index (χ3v) is 2.72. The molecule has 0 saturated carbocycles. The van der Waals surface area contributed by atoms with E-state index in [9.17, 15) is 4.79 Å². The minimum absolute atomic E-state index is 0.154. The first-order valence-corrected chi connectivity index (χ1v) is 4.71. The van der Waals surface area contributed by atoms with Crippen molar-refractivity contribution in [3.8, 4) is 0 Å². The summed E-state index contributed by atoms with van der Waals surface area (Å²) >= 11 is 0. The maximum absolute atomic E-state index is 11.5. The quantitative estimate of drug-likeness (QED) is 0.567. The molecule has 0 aromatic heterocycles. The molecule has 0 aromatic carbocycles. The number of hydrogen-bond acceptors (Lipinski definition) is 2. The molecule has 0 amide bonds. The molecule has 2 heteroatoms. The highest BCUT2D eigenvalue weighted by molar-refractivity contribution is 6.08. The summed E-state index contributed by atoms with van der Waals surface area (Å²) in [6.45, 7) is 4.53. The Labute approximate surface area is 78.3 Å².